The summed E-state index contributed by atoms with van der Waals surface area (Å²) in [5.41, 5.74) is 5.07. The van der Waals surface area contributed by atoms with Crippen molar-refractivity contribution >= 4 is 16.7 Å². The van der Waals surface area contributed by atoms with E-state index in [0.29, 0.717) is 6.73 Å². The molecule has 0 atom stereocenters. The van der Waals surface area contributed by atoms with E-state index in [1.54, 1.807) is 0 Å². The van der Waals surface area contributed by atoms with E-state index in [1.807, 2.05) is 25.4 Å². The van der Waals surface area contributed by atoms with Gasteiger partial charge < -0.3 is 4.57 Å². The van der Waals surface area contributed by atoms with Crippen molar-refractivity contribution in [2.75, 3.05) is 6.73 Å². The van der Waals surface area contributed by atoms with Gasteiger partial charge in [0.15, 0.2) is 12.6 Å². The molecule has 2 heterocycles. The third kappa shape index (κ3) is 1.22. The quantitative estimate of drug-likeness (QED) is 0.757. The van der Waals surface area contributed by atoms with Crippen LogP contribution in [0.5, 0.6) is 0 Å². The summed E-state index contributed by atoms with van der Waals surface area (Å²) < 4.78 is 2.09. The van der Waals surface area contributed by atoms with Crippen LogP contribution in [0.3, 0.4) is 0 Å². The van der Waals surface area contributed by atoms with Crippen LogP contribution in [0, 0.1) is 0 Å². The minimum atomic E-state index is 0.385. The molecule has 2 aromatic rings. The monoisotopic (exact) mass is 201 g/mol. The van der Waals surface area contributed by atoms with Crippen LogP contribution in [0.2, 0.25) is 0 Å². The number of fused-ring (bicyclic) bond motifs is 1. The van der Waals surface area contributed by atoms with Crippen LogP contribution in [0.25, 0.3) is 10.9 Å². The number of benzene rings is 1. The highest BCUT2D eigenvalue weighted by Gasteiger charge is 2.13. The van der Waals surface area contributed by atoms with Crippen LogP contribution >= 0.6 is 0 Å². The lowest BCUT2D eigenvalue weighted by molar-refractivity contribution is 0.115. The molecule has 1 N–H and O–H groups in total. The Kier molecular flexibility index (Phi) is 1.76. The van der Waals surface area contributed by atoms with Gasteiger partial charge in [0.1, 0.15) is 0 Å². The lowest BCUT2D eigenvalue weighted by atomic mass is 10.1. The number of hydrogen-bond donors (Lipinski definition) is 1. The van der Waals surface area contributed by atoms with Crippen molar-refractivity contribution in [1.82, 2.24) is 10.0 Å². The van der Waals surface area contributed by atoms with Crippen molar-refractivity contribution in [3.63, 3.8) is 0 Å². The van der Waals surface area contributed by atoms with E-state index in [0.717, 1.165) is 11.4 Å². The SMILES string of the molecule is Cn1ccc2cccc(C3=NCON3)c21. The molecule has 1 aromatic carbocycles. The van der Waals surface area contributed by atoms with Gasteiger partial charge in [-0.25, -0.2) is 10.5 Å². The Morgan fingerprint density at radius 2 is 2.33 bits per heavy atom. The molecular weight excluding hydrogens is 190 g/mol. The number of aliphatic imine (C=N–C) groups is 1. The normalized spacial score (nSPS) is 15.4. The molecule has 0 radical (unpaired) electrons. The van der Waals surface area contributed by atoms with Crippen LogP contribution in [-0.4, -0.2) is 17.1 Å². The van der Waals surface area contributed by atoms with Crippen LogP contribution in [0.15, 0.2) is 35.5 Å². The van der Waals surface area contributed by atoms with E-state index in [2.05, 4.69) is 27.2 Å². The molecule has 0 saturated heterocycles. The van der Waals surface area contributed by atoms with Gasteiger partial charge in [-0.1, -0.05) is 12.1 Å². The van der Waals surface area contributed by atoms with Crippen LogP contribution in [0.4, 0.5) is 0 Å². The summed E-state index contributed by atoms with van der Waals surface area (Å²) in [4.78, 5) is 9.26. The number of amidine groups is 1. The predicted octanol–water partition coefficient (Wildman–Crippen LogP) is 1.42. The van der Waals surface area contributed by atoms with Crippen molar-refractivity contribution in [2.24, 2.45) is 12.0 Å². The second kappa shape index (κ2) is 3.10. The van der Waals surface area contributed by atoms with Crippen molar-refractivity contribution in [2.45, 2.75) is 0 Å². The minimum Gasteiger partial charge on any atom is -0.350 e. The van der Waals surface area contributed by atoms with Gasteiger partial charge in [0.05, 0.1) is 5.52 Å². The second-order valence-corrected chi connectivity index (χ2v) is 3.55. The van der Waals surface area contributed by atoms with Crippen LogP contribution in [-0.2, 0) is 11.9 Å². The lowest BCUT2D eigenvalue weighted by Gasteiger charge is -2.05. The standard InChI is InChI=1S/C11H11N3O/c1-14-6-5-8-3-2-4-9(10(8)14)11-12-7-15-13-11/h2-6H,7H2,1H3,(H,12,13). The molecule has 3 rings (SSSR count). The number of aromatic nitrogens is 1. The number of nitrogens with one attached hydrogen (secondary N) is 1. The highest BCUT2D eigenvalue weighted by Crippen LogP contribution is 2.20. The smallest absolute Gasteiger partial charge is 0.167 e. The number of hydroxylamine groups is 1. The molecule has 4 nitrogen and oxygen atoms in total. The molecule has 1 aromatic heterocycles. The highest BCUT2D eigenvalue weighted by molar-refractivity contribution is 6.08. The molecule has 4 heteroatoms. The number of nitrogens with zero attached hydrogens (tertiary/aromatic N) is 2. The molecule has 1 aliphatic heterocycles. The molecule has 15 heavy (non-hydrogen) atoms. The van der Waals surface area contributed by atoms with E-state index in [-0.39, 0.29) is 0 Å². The molecule has 0 spiro atoms. The Labute approximate surface area is 87.1 Å². The number of aryl methyl sites for hydroxylation is 1. The third-order valence-electron chi connectivity index (χ3n) is 2.61. The average Bonchev–Trinajstić information content (AvgIpc) is 2.88. The van der Waals surface area contributed by atoms with E-state index < -0.39 is 0 Å². The molecule has 1 aliphatic rings. The van der Waals surface area contributed by atoms with Crippen LogP contribution < -0.4 is 5.48 Å². The van der Waals surface area contributed by atoms with Crippen molar-refractivity contribution < 1.29 is 4.84 Å². The summed E-state index contributed by atoms with van der Waals surface area (Å²) in [6, 6.07) is 8.26. The number of hydrogen-bond acceptors (Lipinski definition) is 3. The summed E-state index contributed by atoms with van der Waals surface area (Å²) in [6.07, 6.45) is 2.05. The molecule has 0 saturated carbocycles. The maximum atomic E-state index is 5.01. The Morgan fingerprint density at radius 1 is 1.40 bits per heavy atom. The van der Waals surface area contributed by atoms with E-state index in [9.17, 15) is 0 Å². The number of para-hydroxylation sites is 1. The van der Waals surface area contributed by atoms with Gasteiger partial charge in [0, 0.05) is 24.2 Å². The summed E-state index contributed by atoms with van der Waals surface area (Å²) in [6.45, 7) is 0.385. The number of rotatable bonds is 1. The summed E-state index contributed by atoms with van der Waals surface area (Å²) in [5.74, 6) is 0.808. The largest absolute Gasteiger partial charge is 0.350 e. The molecule has 76 valence electrons. The van der Waals surface area contributed by atoms with Crippen molar-refractivity contribution in [3.05, 3.63) is 36.0 Å². The lowest BCUT2D eigenvalue weighted by Crippen LogP contribution is -2.18. The van der Waals surface area contributed by atoms with Gasteiger partial charge in [0.2, 0.25) is 0 Å². The second-order valence-electron chi connectivity index (χ2n) is 3.55. The van der Waals surface area contributed by atoms with E-state index in [1.165, 1.54) is 10.9 Å². The third-order valence-corrected chi connectivity index (χ3v) is 2.61. The summed E-state index contributed by atoms with van der Waals surface area (Å²) in [5, 5.41) is 1.21. The minimum absolute atomic E-state index is 0.385. The summed E-state index contributed by atoms with van der Waals surface area (Å²) >= 11 is 0. The maximum absolute atomic E-state index is 5.01. The van der Waals surface area contributed by atoms with E-state index >= 15 is 0 Å². The molecule has 0 fully saturated rings. The average molecular weight is 201 g/mol. The fourth-order valence-electron chi connectivity index (χ4n) is 1.92. The Balaban J connectivity index is 2.29. The van der Waals surface area contributed by atoms with Gasteiger partial charge in [-0.3, -0.25) is 4.84 Å². The Hall–Kier alpha value is -1.81. The van der Waals surface area contributed by atoms with Gasteiger partial charge in [-0.05, 0) is 12.1 Å². The first-order valence-electron chi connectivity index (χ1n) is 4.83. The first-order chi connectivity index (χ1) is 7.36. The highest BCUT2D eigenvalue weighted by atomic mass is 16.7. The van der Waals surface area contributed by atoms with Gasteiger partial charge in [0.25, 0.3) is 0 Å². The van der Waals surface area contributed by atoms with Crippen molar-refractivity contribution in [1.29, 1.82) is 0 Å². The van der Waals surface area contributed by atoms with Gasteiger partial charge >= 0.3 is 0 Å². The molecule has 0 aliphatic carbocycles. The zero-order chi connectivity index (χ0) is 10.3. The first kappa shape index (κ1) is 8.49. The zero-order valence-electron chi connectivity index (χ0n) is 8.40. The van der Waals surface area contributed by atoms with Gasteiger partial charge in [-0.2, -0.15) is 0 Å². The fraction of sp³-hybridized carbons (Fsp3) is 0.182. The molecule has 0 unspecified atom stereocenters. The molecular formula is C11H11N3O. The Bertz CT molecular complexity index is 542. The first-order valence-corrected chi connectivity index (χ1v) is 4.83. The topological polar surface area (TPSA) is 38.5 Å². The van der Waals surface area contributed by atoms with E-state index in [4.69, 9.17) is 4.84 Å². The molecule has 0 amide bonds. The maximum Gasteiger partial charge on any atom is 0.167 e. The van der Waals surface area contributed by atoms with Gasteiger partial charge in [-0.15, -0.1) is 0 Å². The van der Waals surface area contributed by atoms with Crippen molar-refractivity contribution in [3.8, 4) is 0 Å². The Morgan fingerprint density at radius 3 is 3.13 bits per heavy atom. The fourth-order valence-corrected chi connectivity index (χ4v) is 1.92. The molecule has 0 bridgehead atoms. The predicted molar refractivity (Wildman–Crippen MR) is 58.5 cm³/mol. The summed E-state index contributed by atoms with van der Waals surface area (Å²) in [7, 11) is 2.03. The van der Waals surface area contributed by atoms with Crippen LogP contribution in [0.1, 0.15) is 5.56 Å². The zero-order valence-corrected chi connectivity index (χ0v) is 8.40.